The Kier molecular flexibility index (Phi) is 9.51. The number of nitrogens with one attached hydrogen (secondary N) is 1. The Bertz CT molecular complexity index is 415. The molecule has 1 aliphatic heterocycles. The van der Waals surface area contributed by atoms with Crippen molar-refractivity contribution in [3.63, 3.8) is 0 Å². The summed E-state index contributed by atoms with van der Waals surface area (Å²) < 4.78 is 0. The summed E-state index contributed by atoms with van der Waals surface area (Å²) >= 11 is 0. The Labute approximate surface area is 154 Å². The van der Waals surface area contributed by atoms with Gasteiger partial charge in [0.25, 0.3) is 0 Å². The largest absolute Gasteiger partial charge is 0.375 e. The van der Waals surface area contributed by atoms with Crippen LogP contribution in [0.2, 0.25) is 0 Å². The molecule has 1 aliphatic rings. The van der Waals surface area contributed by atoms with Gasteiger partial charge in [0.05, 0.1) is 0 Å². The molecule has 2 unspecified atom stereocenters. The maximum absolute atomic E-state index is 11.8. The molecule has 25 heavy (non-hydrogen) atoms. The monoisotopic (exact) mass is 353 g/mol. The number of aliphatic hydroxyl groups excluding tert-OH is 1. The summed E-state index contributed by atoms with van der Waals surface area (Å²) in [5, 5.41) is 13.3. The van der Waals surface area contributed by atoms with Crippen LogP contribution in [0.5, 0.6) is 0 Å². The highest BCUT2D eigenvalue weighted by Crippen LogP contribution is 2.33. The molecular weight excluding hydrogens is 314 g/mol. The van der Waals surface area contributed by atoms with Gasteiger partial charge >= 0.3 is 6.03 Å². The lowest BCUT2D eigenvalue weighted by Crippen LogP contribution is -2.53. The van der Waals surface area contributed by atoms with E-state index in [0.29, 0.717) is 38.6 Å². The Morgan fingerprint density at radius 2 is 1.80 bits per heavy atom. The first-order valence-electron chi connectivity index (χ1n) is 9.95. The van der Waals surface area contributed by atoms with Gasteiger partial charge in [0.1, 0.15) is 6.23 Å². The molecule has 1 fully saturated rings. The van der Waals surface area contributed by atoms with Crippen molar-refractivity contribution in [2.24, 2.45) is 11.3 Å². The van der Waals surface area contributed by atoms with Gasteiger partial charge in [-0.3, -0.25) is 4.90 Å². The van der Waals surface area contributed by atoms with Crippen LogP contribution in [0.1, 0.15) is 60.3 Å². The van der Waals surface area contributed by atoms with Crippen LogP contribution in [0.15, 0.2) is 12.2 Å². The summed E-state index contributed by atoms with van der Waals surface area (Å²) in [6.45, 7) is 14.4. The third kappa shape index (κ3) is 7.37. The van der Waals surface area contributed by atoms with Crippen LogP contribution in [0.3, 0.4) is 0 Å². The lowest BCUT2D eigenvalue weighted by atomic mass is 9.76. The van der Waals surface area contributed by atoms with Gasteiger partial charge in [-0.2, -0.15) is 0 Å². The summed E-state index contributed by atoms with van der Waals surface area (Å²) in [6, 6.07) is -0.00497. The number of carbonyl (C=O) groups is 1. The van der Waals surface area contributed by atoms with E-state index in [1.54, 1.807) is 0 Å². The molecule has 0 aromatic carbocycles. The summed E-state index contributed by atoms with van der Waals surface area (Å²) in [7, 11) is 0. The zero-order chi connectivity index (χ0) is 18.9. The van der Waals surface area contributed by atoms with Crippen molar-refractivity contribution >= 4 is 6.03 Å². The number of hydrogen-bond acceptors (Lipinski definition) is 3. The van der Waals surface area contributed by atoms with Crippen LogP contribution in [-0.2, 0) is 0 Å². The fourth-order valence-corrected chi connectivity index (χ4v) is 3.16. The Balaban J connectivity index is 2.44. The van der Waals surface area contributed by atoms with Crippen molar-refractivity contribution in [1.29, 1.82) is 0 Å². The molecule has 1 saturated heterocycles. The highest BCUT2D eigenvalue weighted by molar-refractivity contribution is 5.74. The van der Waals surface area contributed by atoms with Crippen LogP contribution in [0.25, 0.3) is 0 Å². The third-order valence-electron chi connectivity index (χ3n) is 5.53. The molecule has 2 amide bonds. The maximum Gasteiger partial charge on any atom is 0.317 e. The first-order valence-corrected chi connectivity index (χ1v) is 9.95. The highest BCUT2D eigenvalue weighted by Gasteiger charge is 2.25. The molecule has 0 bridgehead atoms. The van der Waals surface area contributed by atoms with Crippen molar-refractivity contribution in [2.75, 3.05) is 32.7 Å². The van der Waals surface area contributed by atoms with E-state index in [1.807, 2.05) is 22.8 Å². The van der Waals surface area contributed by atoms with Crippen molar-refractivity contribution < 1.29 is 9.90 Å². The van der Waals surface area contributed by atoms with Gasteiger partial charge in [0.15, 0.2) is 0 Å². The van der Waals surface area contributed by atoms with Crippen LogP contribution >= 0.6 is 0 Å². The van der Waals surface area contributed by atoms with E-state index in [9.17, 15) is 9.90 Å². The van der Waals surface area contributed by atoms with Crippen LogP contribution in [0.4, 0.5) is 4.79 Å². The molecule has 146 valence electrons. The topological polar surface area (TPSA) is 55.8 Å². The van der Waals surface area contributed by atoms with Crippen molar-refractivity contribution in [3.8, 4) is 0 Å². The molecule has 0 spiro atoms. The number of amides is 2. The van der Waals surface area contributed by atoms with Crippen LogP contribution < -0.4 is 5.32 Å². The average Bonchev–Trinajstić information content (AvgIpc) is 2.59. The summed E-state index contributed by atoms with van der Waals surface area (Å²) in [6.07, 6.45) is 8.55. The molecule has 0 saturated carbocycles. The van der Waals surface area contributed by atoms with E-state index < -0.39 is 6.23 Å². The molecule has 0 aromatic heterocycles. The van der Waals surface area contributed by atoms with Gasteiger partial charge in [-0.05, 0) is 30.8 Å². The fourth-order valence-electron chi connectivity index (χ4n) is 3.16. The minimum absolute atomic E-state index is 0.00497. The number of carbonyl (C=O) groups excluding carboxylic acids is 1. The number of piperazine rings is 1. The number of aliphatic hydroxyl groups is 1. The standard InChI is InChI=1S/C20H39N3O2/c1-6-8-9-12-20(4,5)17(3)10-11-18(24)22-13-15-23(16-14-22)19(25)21-7-2/h10-11,17-18,24H,6-9,12-16H2,1-5H3,(H,21,25)/b11-10+. The molecule has 0 radical (unpaired) electrons. The summed E-state index contributed by atoms with van der Waals surface area (Å²) in [4.78, 5) is 15.7. The molecule has 5 heteroatoms. The van der Waals surface area contributed by atoms with E-state index in [-0.39, 0.29) is 11.4 Å². The lowest BCUT2D eigenvalue weighted by molar-refractivity contribution is 0.0127. The number of unbranched alkanes of at least 4 members (excludes halogenated alkanes) is 2. The molecule has 1 rings (SSSR count). The number of nitrogens with zero attached hydrogens (tertiary/aromatic N) is 2. The number of urea groups is 1. The smallest absolute Gasteiger partial charge is 0.317 e. The Morgan fingerprint density at radius 3 is 2.36 bits per heavy atom. The molecule has 0 aliphatic carbocycles. The second-order valence-electron chi connectivity index (χ2n) is 7.89. The second kappa shape index (κ2) is 10.8. The first kappa shape index (κ1) is 22.0. The quantitative estimate of drug-likeness (QED) is 0.493. The van der Waals surface area contributed by atoms with E-state index in [0.717, 1.165) is 0 Å². The van der Waals surface area contributed by atoms with Crippen LogP contribution in [0, 0.1) is 11.3 Å². The molecule has 2 N–H and O–H groups in total. The van der Waals surface area contributed by atoms with Crippen molar-refractivity contribution in [1.82, 2.24) is 15.1 Å². The van der Waals surface area contributed by atoms with Gasteiger partial charge in [0.2, 0.25) is 0 Å². The lowest BCUT2D eigenvalue weighted by Gasteiger charge is -2.36. The van der Waals surface area contributed by atoms with E-state index in [2.05, 4.69) is 39.1 Å². The predicted octanol–water partition coefficient (Wildman–Crippen LogP) is 3.45. The van der Waals surface area contributed by atoms with Crippen LogP contribution in [-0.4, -0.2) is 59.9 Å². The fraction of sp³-hybridized carbons (Fsp3) is 0.850. The zero-order valence-corrected chi connectivity index (χ0v) is 16.9. The van der Waals surface area contributed by atoms with Gasteiger partial charge < -0.3 is 15.3 Å². The van der Waals surface area contributed by atoms with Gasteiger partial charge in [0, 0.05) is 32.7 Å². The second-order valence-corrected chi connectivity index (χ2v) is 7.89. The van der Waals surface area contributed by atoms with Crippen molar-refractivity contribution in [3.05, 3.63) is 12.2 Å². The number of allylic oxidation sites excluding steroid dienone is 1. The Hall–Kier alpha value is -1.07. The molecule has 1 heterocycles. The first-order chi connectivity index (χ1) is 11.8. The Morgan fingerprint density at radius 1 is 1.16 bits per heavy atom. The minimum Gasteiger partial charge on any atom is -0.375 e. The number of rotatable bonds is 9. The summed E-state index contributed by atoms with van der Waals surface area (Å²) in [5.74, 6) is 0.427. The molecule has 5 nitrogen and oxygen atoms in total. The summed E-state index contributed by atoms with van der Waals surface area (Å²) in [5.41, 5.74) is 0.252. The normalized spacial score (nSPS) is 19.2. The van der Waals surface area contributed by atoms with E-state index in [4.69, 9.17) is 0 Å². The minimum atomic E-state index is -0.565. The number of hydrogen-bond donors (Lipinski definition) is 2. The predicted molar refractivity (Wildman–Crippen MR) is 104 cm³/mol. The van der Waals surface area contributed by atoms with Crippen molar-refractivity contribution in [2.45, 2.75) is 66.5 Å². The van der Waals surface area contributed by atoms with Gasteiger partial charge in [-0.1, -0.05) is 53.0 Å². The average molecular weight is 354 g/mol. The van der Waals surface area contributed by atoms with Gasteiger partial charge in [-0.25, -0.2) is 4.79 Å². The highest BCUT2D eigenvalue weighted by atomic mass is 16.3. The van der Waals surface area contributed by atoms with E-state index >= 15 is 0 Å². The third-order valence-corrected chi connectivity index (χ3v) is 5.53. The van der Waals surface area contributed by atoms with Gasteiger partial charge in [-0.15, -0.1) is 0 Å². The maximum atomic E-state index is 11.8. The SMILES string of the molecule is CCCCCC(C)(C)C(C)/C=C/C(O)N1CCN(C(=O)NCC)CC1. The molecule has 0 aromatic rings. The van der Waals surface area contributed by atoms with E-state index in [1.165, 1.54) is 25.7 Å². The zero-order valence-electron chi connectivity index (χ0n) is 16.9. The molecular formula is C20H39N3O2. The molecule has 2 atom stereocenters.